The smallest absolute Gasteiger partial charge is 0.251 e. The molecule has 2 aromatic carbocycles. The lowest BCUT2D eigenvalue weighted by Gasteiger charge is -2.30. The lowest BCUT2D eigenvalue weighted by molar-refractivity contribution is 0.0647. The number of unbranched alkanes of at least 4 members (excludes halogenated alkanes) is 1. The molecule has 1 aliphatic rings. The van der Waals surface area contributed by atoms with Gasteiger partial charge < -0.3 is 20.5 Å². The number of amides is 1. The molecule has 0 aromatic heterocycles. The number of nitrogens with one attached hydrogen (secondary N) is 2. The van der Waals surface area contributed by atoms with Crippen molar-refractivity contribution < 1.29 is 19.0 Å². The van der Waals surface area contributed by atoms with Crippen LogP contribution in [0.5, 0.6) is 0 Å². The van der Waals surface area contributed by atoms with E-state index >= 15 is 0 Å². The molecule has 0 aliphatic heterocycles. The van der Waals surface area contributed by atoms with Gasteiger partial charge in [-0.2, -0.15) is 0 Å². The van der Waals surface area contributed by atoms with Gasteiger partial charge in [-0.15, -0.1) is 0 Å². The van der Waals surface area contributed by atoms with Crippen molar-refractivity contribution in [1.29, 1.82) is 0 Å². The minimum atomic E-state index is -1.40. The van der Waals surface area contributed by atoms with Crippen molar-refractivity contribution in [2.45, 2.75) is 69.4 Å². The molecular formula is C29H41FN2O3. The van der Waals surface area contributed by atoms with Crippen molar-refractivity contribution >= 4 is 5.91 Å². The lowest BCUT2D eigenvalue weighted by Crippen LogP contribution is -2.42. The van der Waals surface area contributed by atoms with Gasteiger partial charge in [0, 0.05) is 31.9 Å². The zero-order valence-corrected chi connectivity index (χ0v) is 21.2. The SMILES string of the molecule is CNCC(CC1CCCCC1)NC(=O)c1cccc([C@@](O)(CCCCOC)c2cccc(F)c2)c1. The first kappa shape index (κ1) is 27.3. The number of halogens is 1. The quantitative estimate of drug-likeness (QED) is 0.343. The Morgan fingerprint density at radius 2 is 1.83 bits per heavy atom. The zero-order valence-electron chi connectivity index (χ0n) is 21.2. The van der Waals surface area contributed by atoms with Gasteiger partial charge in [-0.05, 0) is 74.0 Å². The van der Waals surface area contributed by atoms with E-state index in [4.69, 9.17) is 4.74 Å². The van der Waals surface area contributed by atoms with Gasteiger partial charge in [0.05, 0.1) is 0 Å². The van der Waals surface area contributed by atoms with Gasteiger partial charge in [-0.25, -0.2) is 4.39 Å². The molecule has 1 fully saturated rings. The number of rotatable bonds is 13. The highest BCUT2D eigenvalue weighted by atomic mass is 19.1. The third kappa shape index (κ3) is 7.86. The second kappa shape index (κ2) is 13.7. The lowest BCUT2D eigenvalue weighted by atomic mass is 9.81. The van der Waals surface area contributed by atoms with Gasteiger partial charge in [0.15, 0.2) is 0 Å². The van der Waals surface area contributed by atoms with E-state index in [-0.39, 0.29) is 11.9 Å². The van der Waals surface area contributed by atoms with Crippen LogP contribution in [0.25, 0.3) is 0 Å². The summed E-state index contributed by atoms with van der Waals surface area (Å²) in [5.74, 6) is 0.104. The number of hydrogen-bond acceptors (Lipinski definition) is 4. The van der Waals surface area contributed by atoms with E-state index in [0.29, 0.717) is 48.6 Å². The maximum absolute atomic E-state index is 14.1. The van der Waals surface area contributed by atoms with Gasteiger partial charge in [0.25, 0.3) is 5.91 Å². The first-order chi connectivity index (χ1) is 17.0. The Bertz CT molecular complexity index is 932. The van der Waals surface area contributed by atoms with Crippen molar-refractivity contribution in [3.05, 3.63) is 71.0 Å². The van der Waals surface area contributed by atoms with Gasteiger partial charge in [-0.1, -0.05) is 56.4 Å². The average molecular weight is 485 g/mol. The number of carbonyl (C=O) groups is 1. The first-order valence-corrected chi connectivity index (χ1v) is 13.0. The monoisotopic (exact) mass is 484 g/mol. The van der Waals surface area contributed by atoms with Crippen LogP contribution < -0.4 is 10.6 Å². The van der Waals surface area contributed by atoms with Crippen LogP contribution in [-0.4, -0.2) is 44.4 Å². The third-order valence-electron chi connectivity index (χ3n) is 7.17. The Labute approximate surface area is 209 Å². The second-order valence-electron chi connectivity index (χ2n) is 9.87. The summed E-state index contributed by atoms with van der Waals surface area (Å²) in [7, 11) is 3.56. The van der Waals surface area contributed by atoms with E-state index in [2.05, 4.69) is 10.6 Å². The van der Waals surface area contributed by atoms with Gasteiger partial charge in [-0.3, -0.25) is 4.79 Å². The molecule has 3 N–H and O–H groups in total. The minimum Gasteiger partial charge on any atom is -0.385 e. The number of methoxy groups -OCH3 is 1. The minimum absolute atomic E-state index is 0.0513. The topological polar surface area (TPSA) is 70.6 Å². The van der Waals surface area contributed by atoms with Crippen molar-refractivity contribution in [3.8, 4) is 0 Å². The fourth-order valence-electron chi connectivity index (χ4n) is 5.28. The molecule has 6 heteroatoms. The summed E-state index contributed by atoms with van der Waals surface area (Å²) in [5.41, 5.74) is 0.168. The normalized spacial score (nSPS) is 17.0. The molecule has 1 aliphatic carbocycles. The number of hydrogen-bond donors (Lipinski definition) is 3. The number of benzene rings is 2. The maximum atomic E-state index is 14.1. The predicted molar refractivity (Wildman–Crippen MR) is 138 cm³/mol. The highest BCUT2D eigenvalue weighted by Crippen LogP contribution is 2.35. The van der Waals surface area contributed by atoms with Crippen LogP contribution in [-0.2, 0) is 10.3 Å². The molecule has 3 rings (SSSR count). The summed E-state index contributed by atoms with van der Waals surface area (Å²) in [6.45, 7) is 1.31. The summed E-state index contributed by atoms with van der Waals surface area (Å²) in [5, 5.41) is 18.2. The van der Waals surface area contributed by atoms with E-state index in [0.717, 1.165) is 12.8 Å². The van der Waals surface area contributed by atoms with Crippen LogP contribution in [0.4, 0.5) is 4.39 Å². The molecule has 35 heavy (non-hydrogen) atoms. The maximum Gasteiger partial charge on any atom is 0.251 e. The number of aliphatic hydroxyl groups is 1. The Hall–Kier alpha value is -2.28. The van der Waals surface area contributed by atoms with Gasteiger partial charge in [0.1, 0.15) is 11.4 Å². The standard InChI is InChI=1S/C29H41FN2O3/c1-31-21-27(18-22-10-4-3-5-11-22)32-28(33)23-12-8-13-24(19-23)29(34,16-6-7-17-35-2)25-14-9-15-26(30)20-25/h8-9,12-15,19-20,22,27,31,34H,3-7,10-11,16-18,21H2,1-2H3,(H,32,33)/t27?,29-/m0/s1. The first-order valence-electron chi connectivity index (χ1n) is 13.0. The molecule has 0 heterocycles. The number of carbonyl (C=O) groups excluding carboxylic acids is 1. The number of ether oxygens (including phenoxy) is 1. The molecule has 2 aromatic rings. The van der Waals surface area contributed by atoms with E-state index in [1.165, 1.54) is 44.2 Å². The van der Waals surface area contributed by atoms with Crippen LogP contribution in [0, 0.1) is 11.7 Å². The Balaban J connectivity index is 1.80. The van der Waals surface area contributed by atoms with Crippen molar-refractivity contribution in [2.75, 3.05) is 27.3 Å². The van der Waals surface area contributed by atoms with Crippen LogP contribution >= 0.6 is 0 Å². The predicted octanol–water partition coefficient (Wildman–Crippen LogP) is 5.17. The molecule has 0 saturated heterocycles. The third-order valence-corrected chi connectivity index (χ3v) is 7.17. The van der Waals surface area contributed by atoms with E-state index < -0.39 is 11.4 Å². The summed E-state index contributed by atoms with van der Waals surface area (Å²) in [6, 6.07) is 13.2. The molecule has 192 valence electrons. The van der Waals surface area contributed by atoms with Crippen LogP contribution in [0.1, 0.15) is 79.3 Å². The Morgan fingerprint density at radius 3 is 2.51 bits per heavy atom. The molecule has 2 atom stereocenters. The van der Waals surface area contributed by atoms with Crippen molar-refractivity contribution in [3.63, 3.8) is 0 Å². The summed E-state index contributed by atoms with van der Waals surface area (Å²) < 4.78 is 19.2. The molecule has 0 radical (unpaired) electrons. The second-order valence-corrected chi connectivity index (χ2v) is 9.87. The molecule has 5 nitrogen and oxygen atoms in total. The Kier molecular flexibility index (Phi) is 10.7. The summed E-state index contributed by atoms with van der Waals surface area (Å²) in [4.78, 5) is 13.2. The Morgan fingerprint density at radius 1 is 1.11 bits per heavy atom. The molecule has 1 unspecified atom stereocenters. The fourth-order valence-corrected chi connectivity index (χ4v) is 5.28. The van der Waals surface area contributed by atoms with E-state index in [9.17, 15) is 14.3 Å². The average Bonchev–Trinajstić information content (AvgIpc) is 2.87. The van der Waals surface area contributed by atoms with Crippen LogP contribution in [0.15, 0.2) is 48.5 Å². The molecule has 0 bridgehead atoms. The van der Waals surface area contributed by atoms with E-state index in [1.54, 1.807) is 37.4 Å². The van der Waals surface area contributed by atoms with Crippen molar-refractivity contribution in [2.24, 2.45) is 5.92 Å². The largest absolute Gasteiger partial charge is 0.385 e. The van der Waals surface area contributed by atoms with Crippen LogP contribution in [0.3, 0.4) is 0 Å². The van der Waals surface area contributed by atoms with Gasteiger partial charge in [0.2, 0.25) is 0 Å². The summed E-state index contributed by atoms with van der Waals surface area (Å²) >= 11 is 0. The van der Waals surface area contributed by atoms with Crippen molar-refractivity contribution in [1.82, 2.24) is 10.6 Å². The highest BCUT2D eigenvalue weighted by molar-refractivity contribution is 5.94. The van der Waals surface area contributed by atoms with E-state index in [1.807, 2.05) is 13.1 Å². The number of likely N-dealkylation sites (N-methyl/N-ethyl adjacent to an activating group) is 1. The summed E-state index contributed by atoms with van der Waals surface area (Å²) in [6.07, 6.45) is 9.17. The molecule has 0 spiro atoms. The highest BCUT2D eigenvalue weighted by Gasteiger charge is 2.32. The van der Waals surface area contributed by atoms with Gasteiger partial charge >= 0.3 is 0 Å². The van der Waals surface area contributed by atoms with Crippen LogP contribution in [0.2, 0.25) is 0 Å². The molecule has 1 saturated carbocycles. The molecular weight excluding hydrogens is 443 g/mol. The molecule has 1 amide bonds. The zero-order chi connectivity index (χ0) is 25.1. The fraction of sp³-hybridized carbons (Fsp3) is 0.552.